The molecular weight excluding hydrogens is 694 g/mol. The summed E-state index contributed by atoms with van der Waals surface area (Å²) in [5.74, 6) is -3.90. The highest BCUT2D eigenvalue weighted by molar-refractivity contribution is 6.03. The molecule has 4 fully saturated rings. The molecule has 0 unspecified atom stereocenters. The van der Waals surface area contributed by atoms with E-state index in [9.17, 15) is 28.8 Å². The summed E-state index contributed by atoms with van der Waals surface area (Å²) in [7, 11) is 0. The number of nitrogens with zero attached hydrogens (tertiary/aromatic N) is 1. The summed E-state index contributed by atoms with van der Waals surface area (Å²) in [5.41, 5.74) is -2.63. The number of Topliss-reactive ketones (excluding diaryl/α,β-unsaturated/α-hetero) is 1. The second kappa shape index (κ2) is 13.1. The van der Waals surface area contributed by atoms with Crippen molar-refractivity contribution in [1.82, 2.24) is 0 Å². The summed E-state index contributed by atoms with van der Waals surface area (Å²) in [6.45, 7) is 25.8. The highest BCUT2D eigenvalue weighted by Crippen LogP contribution is 2.74. The average molecular weight is 750 g/mol. The second-order valence-electron chi connectivity index (χ2n) is 18.8. The van der Waals surface area contributed by atoms with Crippen molar-refractivity contribution >= 4 is 35.4 Å². The summed E-state index contributed by atoms with van der Waals surface area (Å²) in [6, 6.07) is 0. The maximum Gasteiger partial charge on any atom is 0.314 e. The molecule has 0 N–H and O–H groups in total. The zero-order valence-corrected chi connectivity index (χ0v) is 33.3. The van der Waals surface area contributed by atoms with Crippen LogP contribution >= 0.6 is 0 Å². The lowest BCUT2D eigenvalue weighted by Gasteiger charge is -2.69. The summed E-state index contributed by atoms with van der Waals surface area (Å²) in [5, 5.41) is 0. The van der Waals surface area contributed by atoms with Gasteiger partial charge in [0, 0.05) is 37.5 Å². The van der Waals surface area contributed by atoms with Crippen LogP contribution in [0.2, 0.25) is 0 Å². The molecule has 12 nitrogen and oxygen atoms in total. The number of esters is 4. The van der Waals surface area contributed by atoms with Gasteiger partial charge in [-0.3, -0.25) is 24.0 Å². The number of ketones is 2. The second-order valence-corrected chi connectivity index (χ2v) is 18.8. The number of carbonyl (C=O) groups is 6. The van der Waals surface area contributed by atoms with E-state index in [-0.39, 0.29) is 35.2 Å². The van der Waals surface area contributed by atoms with Gasteiger partial charge in [-0.05, 0) is 79.1 Å². The first-order chi connectivity index (χ1) is 25.0. The lowest BCUT2D eigenvalue weighted by atomic mass is 9.34. The Morgan fingerprint density at radius 3 is 2.04 bits per heavy atom. The molecule has 6 rings (SSSR count). The highest BCUT2D eigenvalue weighted by Gasteiger charge is 2.71. The van der Waals surface area contributed by atoms with E-state index in [2.05, 4.69) is 39.5 Å². The summed E-state index contributed by atoms with van der Waals surface area (Å²) in [6.07, 6.45) is 2.59. The first kappa shape index (κ1) is 39.8. The van der Waals surface area contributed by atoms with E-state index in [1.807, 2.05) is 19.9 Å². The Morgan fingerprint density at radius 2 is 1.43 bits per heavy atom. The molecule has 0 aromatic carbocycles. The van der Waals surface area contributed by atoms with Gasteiger partial charge in [-0.1, -0.05) is 60.1 Å². The van der Waals surface area contributed by atoms with Gasteiger partial charge in [0.25, 0.3) is 0 Å². The van der Waals surface area contributed by atoms with Crippen LogP contribution in [0.25, 0.3) is 4.85 Å². The van der Waals surface area contributed by atoms with E-state index >= 15 is 0 Å². The standard InChI is InChI=1S/C42H55NO11/c1-22(44)51-28-21-50-35(33(53-24(3)46)32(28)52-23(2)45)54-36(49)42-16-14-37(4,5)19-25(42)31-27(47)18-30-39(8)20-26(43-11)34(48)38(6,7)29(39)12-13-40(30,9)41(31,10)15-17-42/h18,20,25,28-29,31-33,35H,12-17,19,21H2,1-10H3/t25-,28-,29-,31-,32-,33+,35-,39-,40+,41+,42-/m0/s1. The van der Waals surface area contributed by atoms with Gasteiger partial charge in [-0.25, -0.2) is 4.85 Å². The molecule has 54 heavy (non-hydrogen) atoms. The Bertz CT molecular complexity index is 1780. The van der Waals surface area contributed by atoms with Gasteiger partial charge in [-0.2, -0.15) is 0 Å². The smallest absolute Gasteiger partial charge is 0.314 e. The minimum Gasteiger partial charge on any atom is -0.456 e. The zero-order chi connectivity index (χ0) is 40.0. The van der Waals surface area contributed by atoms with E-state index in [0.717, 1.165) is 25.3 Å². The molecule has 1 saturated heterocycles. The SMILES string of the molecule is [C-]#[N+]C1=C[C@]2(C)C3=CC(=O)[C@@H]4[C@@H]5CC(C)(C)CC[C@]5(C(=O)O[C@@H]5OC[C@H](OC(C)=O)[C@H](OC(C)=O)[C@H]5OC(C)=O)CC[C@@]4(C)[C@]3(C)CC[C@H]2C(C)(C)C1=O. The average Bonchev–Trinajstić information content (AvgIpc) is 3.05. The number of hydrogen-bond donors (Lipinski definition) is 0. The van der Waals surface area contributed by atoms with Crippen molar-refractivity contribution in [2.24, 2.45) is 50.2 Å². The molecule has 0 spiro atoms. The predicted octanol–water partition coefficient (Wildman–Crippen LogP) is 6.25. The van der Waals surface area contributed by atoms with Gasteiger partial charge >= 0.3 is 23.9 Å². The van der Waals surface area contributed by atoms with Gasteiger partial charge in [0.15, 0.2) is 23.8 Å². The van der Waals surface area contributed by atoms with E-state index in [4.69, 9.17) is 30.3 Å². The normalized spacial score (nSPS) is 41.8. The Kier molecular flexibility index (Phi) is 9.69. The first-order valence-electron chi connectivity index (χ1n) is 19.2. The van der Waals surface area contributed by atoms with Crippen molar-refractivity contribution in [3.05, 3.63) is 34.8 Å². The third-order valence-corrected chi connectivity index (χ3v) is 14.8. The van der Waals surface area contributed by atoms with E-state index in [0.29, 0.717) is 32.1 Å². The molecule has 3 saturated carbocycles. The number of allylic oxidation sites excluding steroid dienone is 4. The lowest BCUT2D eigenvalue weighted by molar-refractivity contribution is -0.281. The fourth-order valence-electron chi connectivity index (χ4n) is 12.0. The van der Waals surface area contributed by atoms with Crippen LogP contribution in [0.5, 0.6) is 0 Å². The minimum absolute atomic E-state index is 0.0512. The Hall–Kier alpha value is -3.85. The molecule has 0 aromatic heterocycles. The van der Waals surface area contributed by atoms with Crippen LogP contribution in [0.3, 0.4) is 0 Å². The molecule has 294 valence electrons. The number of hydrogen-bond acceptors (Lipinski definition) is 11. The van der Waals surface area contributed by atoms with Gasteiger partial charge in [0.05, 0.1) is 18.6 Å². The topological polar surface area (TPSA) is 153 Å². The monoisotopic (exact) mass is 749 g/mol. The predicted molar refractivity (Wildman–Crippen MR) is 192 cm³/mol. The van der Waals surface area contributed by atoms with Crippen LogP contribution < -0.4 is 0 Å². The Morgan fingerprint density at radius 1 is 0.815 bits per heavy atom. The summed E-state index contributed by atoms with van der Waals surface area (Å²) >= 11 is 0. The van der Waals surface area contributed by atoms with E-state index in [1.54, 1.807) is 6.08 Å². The number of carbonyl (C=O) groups excluding carboxylic acids is 6. The highest BCUT2D eigenvalue weighted by atomic mass is 16.7. The van der Waals surface area contributed by atoms with Crippen LogP contribution in [0, 0.1) is 56.8 Å². The fraction of sp³-hybridized carbons (Fsp3) is 0.738. The Labute approximate surface area is 317 Å². The van der Waals surface area contributed by atoms with Crippen molar-refractivity contribution in [3.8, 4) is 0 Å². The largest absolute Gasteiger partial charge is 0.456 e. The van der Waals surface area contributed by atoms with Crippen molar-refractivity contribution in [2.75, 3.05) is 6.61 Å². The molecule has 0 radical (unpaired) electrons. The molecule has 0 amide bonds. The molecule has 1 heterocycles. The summed E-state index contributed by atoms with van der Waals surface area (Å²) < 4.78 is 28.5. The minimum atomic E-state index is -1.47. The lowest BCUT2D eigenvalue weighted by Crippen LogP contribution is -2.66. The van der Waals surface area contributed by atoms with Crippen LogP contribution in [0.4, 0.5) is 0 Å². The Balaban J connectivity index is 1.40. The third kappa shape index (κ3) is 5.95. The van der Waals surface area contributed by atoms with Crippen molar-refractivity contribution in [2.45, 2.75) is 139 Å². The van der Waals surface area contributed by atoms with Gasteiger partial charge < -0.3 is 28.5 Å². The molecule has 0 bridgehead atoms. The fourth-order valence-corrected chi connectivity index (χ4v) is 12.0. The molecular formula is C42H55NO11. The number of fused-ring (bicyclic) bond motifs is 7. The molecule has 12 heteroatoms. The third-order valence-electron chi connectivity index (χ3n) is 14.8. The molecule has 0 aromatic rings. The number of ether oxygens (including phenoxy) is 5. The van der Waals surface area contributed by atoms with Crippen LogP contribution in [-0.4, -0.2) is 66.7 Å². The molecule has 1 aliphatic heterocycles. The quantitative estimate of drug-likeness (QED) is 0.178. The molecule has 5 aliphatic carbocycles. The molecule has 6 aliphatic rings. The number of rotatable bonds is 5. The van der Waals surface area contributed by atoms with Crippen molar-refractivity contribution < 1.29 is 52.5 Å². The van der Waals surface area contributed by atoms with Crippen molar-refractivity contribution in [3.63, 3.8) is 0 Å². The first-order valence-corrected chi connectivity index (χ1v) is 19.2. The van der Waals surface area contributed by atoms with Crippen LogP contribution in [-0.2, 0) is 52.5 Å². The zero-order valence-electron chi connectivity index (χ0n) is 33.3. The van der Waals surface area contributed by atoms with Gasteiger partial charge in [0.2, 0.25) is 18.1 Å². The maximum atomic E-state index is 14.9. The van der Waals surface area contributed by atoms with Crippen LogP contribution in [0.15, 0.2) is 23.4 Å². The molecule has 11 atom stereocenters. The van der Waals surface area contributed by atoms with E-state index < -0.39 is 87.4 Å². The van der Waals surface area contributed by atoms with Crippen molar-refractivity contribution in [1.29, 1.82) is 0 Å². The van der Waals surface area contributed by atoms with Gasteiger partial charge in [0.1, 0.15) is 0 Å². The van der Waals surface area contributed by atoms with E-state index in [1.165, 1.54) is 13.8 Å². The van der Waals surface area contributed by atoms with Crippen LogP contribution in [0.1, 0.15) is 114 Å². The van der Waals surface area contributed by atoms with Gasteiger partial charge in [-0.15, -0.1) is 0 Å². The maximum absolute atomic E-state index is 14.9. The summed E-state index contributed by atoms with van der Waals surface area (Å²) in [4.78, 5) is 83.3.